The molecule has 0 aliphatic heterocycles. The molecule has 0 fully saturated rings. The summed E-state index contributed by atoms with van der Waals surface area (Å²) in [6.07, 6.45) is 1.93. The topological polar surface area (TPSA) is 29.3 Å². The van der Waals surface area contributed by atoms with Gasteiger partial charge in [-0.2, -0.15) is 0 Å². The number of halogens is 1. The summed E-state index contributed by atoms with van der Waals surface area (Å²) < 4.78 is 13.0. The molecular weight excluding hydrogens is 227 g/mol. The summed E-state index contributed by atoms with van der Waals surface area (Å²) in [5.41, 5.74) is 7.21. The average molecular weight is 252 g/mol. The van der Waals surface area contributed by atoms with Crippen LogP contribution >= 0.6 is 0 Å². The van der Waals surface area contributed by atoms with Crippen molar-refractivity contribution in [3.63, 3.8) is 0 Å². The molecule has 0 spiro atoms. The minimum atomic E-state index is -0.380. The van der Waals surface area contributed by atoms with Gasteiger partial charge in [0.15, 0.2) is 0 Å². The van der Waals surface area contributed by atoms with Gasteiger partial charge < -0.3 is 10.6 Å². The molecule has 2 N–H and O–H groups in total. The van der Waals surface area contributed by atoms with Crippen molar-refractivity contribution in [2.24, 2.45) is 5.73 Å². The van der Waals surface area contributed by atoms with Gasteiger partial charge in [0.25, 0.3) is 0 Å². The van der Waals surface area contributed by atoms with Crippen molar-refractivity contribution in [3.05, 3.63) is 35.6 Å². The van der Waals surface area contributed by atoms with Crippen molar-refractivity contribution in [2.45, 2.75) is 39.2 Å². The second kappa shape index (κ2) is 6.86. The van der Waals surface area contributed by atoms with Crippen LogP contribution in [-0.4, -0.2) is 24.5 Å². The lowest BCUT2D eigenvalue weighted by molar-refractivity contribution is 0.215. The molecule has 1 rings (SSSR count). The van der Waals surface area contributed by atoms with E-state index in [1.54, 1.807) is 0 Å². The van der Waals surface area contributed by atoms with E-state index in [1.807, 2.05) is 12.1 Å². The lowest BCUT2D eigenvalue weighted by Gasteiger charge is -2.35. The molecule has 0 saturated carbocycles. The molecule has 0 aliphatic rings. The van der Waals surface area contributed by atoms with Crippen molar-refractivity contribution in [1.82, 2.24) is 4.90 Å². The van der Waals surface area contributed by atoms with E-state index in [-0.39, 0.29) is 11.4 Å². The van der Waals surface area contributed by atoms with E-state index in [1.165, 1.54) is 12.1 Å². The summed E-state index contributed by atoms with van der Waals surface area (Å²) in [7, 11) is 0. The van der Waals surface area contributed by atoms with Gasteiger partial charge in [0, 0.05) is 6.54 Å². The molecule has 0 saturated heterocycles. The van der Waals surface area contributed by atoms with Crippen molar-refractivity contribution in [1.29, 1.82) is 0 Å². The van der Waals surface area contributed by atoms with Gasteiger partial charge in [0.2, 0.25) is 0 Å². The zero-order valence-corrected chi connectivity index (χ0v) is 11.7. The molecule has 0 aromatic heterocycles. The van der Waals surface area contributed by atoms with E-state index in [2.05, 4.69) is 25.7 Å². The fraction of sp³-hybridized carbons (Fsp3) is 0.600. The van der Waals surface area contributed by atoms with Gasteiger partial charge in [0.05, 0.1) is 5.54 Å². The Hall–Kier alpha value is -0.930. The minimum Gasteiger partial charge on any atom is -0.320 e. The largest absolute Gasteiger partial charge is 0.320 e. The highest BCUT2D eigenvalue weighted by atomic mass is 19.1. The van der Waals surface area contributed by atoms with E-state index in [9.17, 15) is 4.39 Å². The number of hydrogen-bond acceptors (Lipinski definition) is 2. The van der Waals surface area contributed by atoms with E-state index in [0.29, 0.717) is 0 Å². The van der Waals surface area contributed by atoms with Gasteiger partial charge in [-0.05, 0) is 37.2 Å². The Morgan fingerprint density at radius 2 is 1.67 bits per heavy atom. The van der Waals surface area contributed by atoms with Gasteiger partial charge in [-0.1, -0.05) is 39.3 Å². The van der Waals surface area contributed by atoms with Crippen molar-refractivity contribution >= 4 is 0 Å². The highest BCUT2D eigenvalue weighted by molar-refractivity contribution is 5.25. The third-order valence-electron chi connectivity index (χ3n) is 3.52. The predicted octanol–water partition coefficient (Wildman–Crippen LogP) is 3.12. The van der Waals surface area contributed by atoms with Gasteiger partial charge in [0.1, 0.15) is 5.82 Å². The van der Waals surface area contributed by atoms with E-state index in [4.69, 9.17) is 5.73 Å². The first-order valence-corrected chi connectivity index (χ1v) is 6.83. The van der Waals surface area contributed by atoms with Crippen LogP contribution in [0.3, 0.4) is 0 Å². The SMILES string of the molecule is CCCC(N)(CN(CC)CC)c1ccc(F)cc1. The lowest BCUT2D eigenvalue weighted by Crippen LogP contribution is -2.47. The van der Waals surface area contributed by atoms with Crippen molar-refractivity contribution in [2.75, 3.05) is 19.6 Å². The minimum absolute atomic E-state index is 0.208. The molecule has 0 bridgehead atoms. The zero-order chi connectivity index (χ0) is 13.6. The van der Waals surface area contributed by atoms with E-state index < -0.39 is 0 Å². The van der Waals surface area contributed by atoms with Crippen LogP contribution in [0.5, 0.6) is 0 Å². The maximum atomic E-state index is 13.0. The van der Waals surface area contributed by atoms with Crippen molar-refractivity contribution in [3.8, 4) is 0 Å². The van der Waals surface area contributed by atoms with Crippen LogP contribution < -0.4 is 5.73 Å². The zero-order valence-electron chi connectivity index (χ0n) is 11.7. The Morgan fingerprint density at radius 1 is 1.11 bits per heavy atom. The van der Waals surface area contributed by atoms with Crippen LogP contribution in [0.4, 0.5) is 4.39 Å². The normalized spacial score (nSPS) is 14.8. The van der Waals surface area contributed by atoms with Gasteiger partial charge in [-0.3, -0.25) is 0 Å². The molecule has 18 heavy (non-hydrogen) atoms. The monoisotopic (exact) mass is 252 g/mol. The molecule has 1 atom stereocenters. The van der Waals surface area contributed by atoms with Crippen LogP contribution in [0, 0.1) is 5.82 Å². The second-order valence-electron chi connectivity index (χ2n) is 4.87. The maximum absolute atomic E-state index is 13.0. The van der Waals surface area contributed by atoms with Crippen molar-refractivity contribution < 1.29 is 4.39 Å². The molecule has 102 valence electrons. The van der Waals surface area contributed by atoms with Crippen LogP contribution in [0.2, 0.25) is 0 Å². The first-order valence-electron chi connectivity index (χ1n) is 6.83. The number of hydrogen-bond donors (Lipinski definition) is 1. The lowest BCUT2D eigenvalue weighted by atomic mass is 9.86. The van der Waals surface area contributed by atoms with Crippen LogP contribution in [-0.2, 0) is 5.54 Å². The molecular formula is C15H25FN2. The van der Waals surface area contributed by atoms with Gasteiger partial charge in [-0.15, -0.1) is 0 Å². The second-order valence-corrected chi connectivity index (χ2v) is 4.87. The smallest absolute Gasteiger partial charge is 0.123 e. The molecule has 1 unspecified atom stereocenters. The Kier molecular flexibility index (Phi) is 5.76. The molecule has 0 heterocycles. The molecule has 0 amide bonds. The molecule has 1 aromatic rings. The number of benzene rings is 1. The molecule has 3 heteroatoms. The Bertz CT molecular complexity index is 346. The summed E-state index contributed by atoms with van der Waals surface area (Å²) in [5.74, 6) is -0.208. The summed E-state index contributed by atoms with van der Waals surface area (Å²) >= 11 is 0. The number of likely N-dealkylation sites (N-methyl/N-ethyl adjacent to an activating group) is 1. The summed E-state index contributed by atoms with van der Waals surface area (Å²) in [4.78, 5) is 2.32. The number of rotatable bonds is 7. The summed E-state index contributed by atoms with van der Waals surface area (Å²) in [6.45, 7) is 9.20. The summed E-state index contributed by atoms with van der Waals surface area (Å²) in [5, 5.41) is 0. The van der Waals surface area contributed by atoms with Crippen LogP contribution in [0.25, 0.3) is 0 Å². The maximum Gasteiger partial charge on any atom is 0.123 e. The Morgan fingerprint density at radius 3 is 2.11 bits per heavy atom. The third-order valence-corrected chi connectivity index (χ3v) is 3.52. The van der Waals surface area contributed by atoms with Gasteiger partial charge >= 0.3 is 0 Å². The molecule has 0 aliphatic carbocycles. The highest BCUT2D eigenvalue weighted by Crippen LogP contribution is 2.25. The Balaban J connectivity index is 2.94. The number of nitrogens with zero attached hydrogens (tertiary/aromatic N) is 1. The first kappa shape index (κ1) is 15.1. The Labute approximate surface area is 110 Å². The molecule has 2 nitrogen and oxygen atoms in total. The fourth-order valence-corrected chi connectivity index (χ4v) is 2.39. The summed E-state index contributed by atoms with van der Waals surface area (Å²) in [6, 6.07) is 6.62. The molecule has 0 radical (unpaired) electrons. The quantitative estimate of drug-likeness (QED) is 0.808. The van der Waals surface area contributed by atoms with Crippen LogP contribution in [0.1, 0.15) is 39.2 Å². The molecule has 1 aromatic carbocycles. The van der Waals surface area contributed by atoms with Crippen LogP contribution in [0.15, 0.2) is 24.3 Å². The number of nitrogens with two attached hydrogens (primary N) is 1. The van der Waals surface area contributed by atoms with E-state index in [0.717, 1.165) is 38.0 Å². The predicted molar refractivity (Wildman–Crippen MR) is 75.0 cm³/mol. The third kappa shape index (κ3) is 3.79. The van der Waals surface area contributed by atoms with Gasteiger partial charge in [-0.25, -0.2) is 4.39 Å². The standard InChI is InChI=1S/C15H25FN2/c1-4-11-15(17,12-18(5-2)6-3)13-7-9-14(16)10-8-13/h7-10H,4-6,11-12,17H2,1-3H3. The first-order chi connectivity index (χ1) is 8.55. The highest BCUT2D eigenvalue weighted by Gasteiger charge is 2.28. The fourth-order valence-electron chi connectivity index (χ4n) is 2.39. The van der Waals surface area contributed by atoms with E-state index >= 15 is 0 Å². The average Bonchev–Trinajstić information content (AvgIpc) is 2.37.